The molecule has 0 saturated carbocycles. The molecule has 1 rings (SSSR count). The maximum atomic E-state index is 11.5. The molecule has 1 amide bonds. The van der Waals surface area contributed by atoms with Gasteiger partial charge in [-0.3, -0.25) is 19.2 Å². The zero-order valence-corrected chi connectivity index (χ0v) is 10.3. The average molecular weight is 273 g/mol. The molecule has 8 nitrogen and oxygen atoms in total. The number of hydrogen-bond acceptors (Lipinski definition) is 5. The number of carbonyl (C=O) groups is 1. The Morgan fingerprint density at radius 1 is 1.50 bits per heavy atom. The minimum atomic E-state index is -3.75. The SMILES string of the molecule is CS(=O)(=O)N(CC(N)=O)c1cccc([N+](=O)[O-])c1. The molecular formula is C9H11N3O5S. The van der Waals surface area contributed by atoms with Crippen LogP contribution in [0.2, 0.25) is 0 Å². The lowest BCUT2D eigenvalue weighted by Gasteiger charge is -2.20. The molecule has 18 heavy (non-hydrogen) atoms. The van der Waals surface area contributed by atoms with E-state index in [1.807, 2.05) is 0 Å². The lowest BCUT2D eigenvalue weighted by molar-refractivity contribution is -0.384. The first-order valence-corrected chi connectivity index (χ1v) is 6.57. The van der Waals surface area contributed by atoms with Gasteiger partial charge in [-0.25, -0.2) is 8.42 Å². The number of non-ortho nitro benzene ring substituents is 1. The van der Waals surface area contributed by atoms with Crippen LogP contribution in [-0.4, -0.2) is 32.0 Å². The summed E-state index contributed by atoms with van der Waals surface area (Å²) in [6, 6.07) is 4.95. The highest BCUT2D eigenvalue weighted by Crippen LogP contribution is 2.22. The average Bonchev–Trinajstić information content (AvgIpc) is 2.24. The largest absolute Gasteiger partial charge is 0.368 e. The molecule has 0 bridgehead atoms. The van der Waals surface area contributed by atoms with Crippen LogP contribution in [0.25, 0.3) is 0 Å². The number of anilines is 1. The van der Waals surface area contributed by atoms with E-state index >= 15 is 0 Å². The molecular weight excluding hydrogens is 262 g/mol. The Balaban J connectivity index is 3.25. The predicted molar refractivity (Wildman–Crippen MR) is 64.5 cm³/mol. The Labute approximate surface area is 103 Å². The summed E-state index contributed by atoms with van der Waals surface area (Å²) in [6.45, 7) is -0.569. The zero-order valence-electron chi connectivity index (χ0n) is 9.44. The van der Waals surface area contributed by atoms with Crippen molar-refractivity contribution in [1.82, 2.24) is 0 Å². The summed E-state index contributed by atoms with van der Waals surface area (Å²) in [6.07, 6.45) is 0.884. The smallest absolute Gasteiger partial charge is 0.271 e. The first-order valence-electron chi connectivity index (χ1n) is 4.72. The van der Waals surface area contributed by atoms with Crippen LogP contribution in [0, 0.1) is 10.1 Å². The van der Waals surface area contributed by atoms with Crippen LogP contribution in [-0.2, 0) is 14.8 Å². The summed E-state index contributed by atoms with van der Waals surface area (Å²) in [4.78, 5) is 20.8. The van der Waals surface area contributed by atoms with Gasteiger partial charge in [0.05, 0.1) is 16.9 Å². The predicted octanol–water partition coefficient (Wildman–Crippen LogP) is -0.154. The highest BCUT2D eigenvalue weighted by Gasteiger charge is 2.21. The summed E-state index contributed by atoms with van der Waals surface area (Å²) in [5.41, 5.74) is 4.69. The van der Waals surface area contributed by atoms with Crippen molar-refractivity contribution in [2.75, 3.05) is 17.1 Å². The number of rotatable bonds is 5. The standard InChI is InChI=1S/C9H11N3O5S/c1-18(16,17)11(6-9(10)13)7-3-2-4-8(5-7)12(14)15/h2-5H,6H2,1H3,(H2,10,13). The minimum Gasteiger partial charge on any atom is -0.368 e. The number of primary amides is 1. The molecule has 0 aliphatic heterocycles. The first-order chi connectivity index (χ1) is 8.21. The summed E-state index contributed by atoms with van der Waals surface area (Å²) < 4.78 is 23.7. The topological polar surface area (TPSA) is 124 Å². The first kappa shape index (κ1) is 13.9. The molecule has 0 aromatic heterocycles. The van der Waals surface area contributed by atoms with Crippen molar-refractivity contribution in [2.45, 2.75) is 0 Å². The summed E-state index contributed by atoms with van der Waals surface area (Å²) in [5, 5.41) is 10.6. The lowest BCUT2D eigenvalue weighted by Crippen LogP contribution is -2.37. The van der Waals surface area contributed by atoms with Crippen molar-refractivity contribution in [1.29, 1.82) is 0 Å². The van der Waals surface area contributed by atoms with E-state index in [0.29, 0.717) is 4.31 Å². The van der Waals surface area contributed by atoms with Crippen LogP contribution in [0.3, 0.4) is 0 Å². The molecule has 0 spiro atoms. The fourth-order valence-corrected chi connectivity index (χ4v) is 2.16. The second-order valence-electron chi connectivity index (χ2n) is 3.51. The Kier molecular flexibility index (Phi) is 3.86. The van der Waals surface area contributed by atoms with Crippen LogP contribution < -0.4 is 10.0 Å². The van der Waals surface area contributed by atoms with E-state index in [0.717, 1.165) is 12.3 Å². The second-order valence-corrected chi connectivity index (χ2v) is 5.42. The molecule has 0 saturated heterocycles. The van der Waals surface area contributed by atoms with Gasteiger partial charge in [-0.05, 0) is 6.07 Å². The van der Waals surface area contributed by atoms with Crippen LogP contribution in [0.4, 0.5) is 11.4 Å². The van der Waals surface area contributed by atoms with Gasteiger partial charge < -0.3 is 5.73 Å². The third kappa shape index (κ3) is 3.42. The molecule has 0 aliphatic carbocycles. The van der Waals surface area contributed by atoms with Crippen molar-refractivity contribution in [2.24, 2.45) is 5.73 Å². The van der Waals surface area contributed by atoms with Crippen LogP contribution in [0.1, 0.15) is 0 Å². The van der Waals surface area contributed by atoms with Crippen molar-refractivity contribution in [3.63, 3.8) is 0 Å². The van der Waals surface area contributed by atoms with Crippen LogP contribution in [0.15, 0.2) is 24.3 Å². The molecule has 1 aromatic carbocycles. The number of sulfonamides is 1. The van der Waals surface area contributed by atoms with Crippen LogP contribution >= 0.6 is 0 Å². The molecule has 0 unspecified atom stereocenters. The third-order valence-electron chi connectivity index (χ3n) is 2.03. The number of nitro benzene ring substituents is 1. The van der Waals surface area contributed by atoms with Crippen molar-refractivity contribution in [3.05, 3.63) is 34.4 Å². The summed E-state index contributed by atoms with van der Waals surface area (Å²) in [7, 11) is -3.75. The van der Waals surface area contributed by atoms with E-state index in [1.54, 1.807) is 0 Å². The van der Waals surface area contributed by atoms with E-state index in [-0.39, 0.29) is 11.4 Å². The Morgan fingerprint density at radius 3 is 2.56 bits per heavy atom. The van der Waals surface area contributed by atoms with Gasteiger partial charge in [0, 0.05) is 12.1 Å². The number of benzene rings is 1. The number of nitrogens with zero attached hydrogens (tertiary/aromatic N) is 2. The van der Waals surface area contributed by atoms with Crippen molar-refractivity contribution < 1.29 is 18.1 Å². The van der Waals surface area contributed by atoms with Gasteiger partial charge in [0.15, 0.2) is 0 Å². The Bertz CT molecular complexity index is 584. The fraction of sp³-hybridized carbons (Fsp3) is 0.222. The van der Waals surface area contributed by atoms with Crippen molar-refractivity contribution >= 4 is 27.3 Å². The highest BCUT2D eigenvalue weighted by molar-refractivity contribution is 7.92. The van der Waals surface area contributed by atoms with E-state index in [9.17, 15) is 23.3 Å². The van der Waals surface area contributed by atoms with E-state index in [1.165, 1.54) is 18.2 Å². The number of nitro groups is 1. The molecule has 0 aliphatic rings. The number of amides is 1. The van der Waals surface area contributed by atoms with Gasteiger partial charge in [-0.2, -0.15) is 0 Å². The molecule has 1 aromatic rings. The molecule has 0 fully saturated rings. The number of hydrogen-bond donors (Lipinski definition) is 1. The van der Waals surface area contributed by atoms with E-state index in [4.69, 9.17) is 5.73 Å². The molecule has 9 heteroatoms. The monoisotopic (exact) mass is 273 g/mol. The van der Waals surface area contributed by atoms with Crippen molar-refractivity contribution in [3.8, 4) is 0 Å². The maximum absolute atomic E-state index is 11.5. The summed E-state index contributed by atoms with van der Waals surface area (Å²) in [5.74, 6) is -0.855. The fourth-order valence-electron chi connectivity index (χ4n) is 1.30. The number of carbonyl (C=O) groups excluding carboxylic acids is 1. The lowest BCUT2D eigenvalue weighted by atomic mass is 10.3. The second kappa shape index (κ2) is 5.00. The molecule has 0 radical (unpaired) electrons. The van der Waals surface area contributed by atoms with Gasteiger partial charge >= 0.3 is 0 Å². The normalized spacial score (nSPS) is 10.9. The van der Waals surface area contributed by atoms with E-state index in [2.05, 4.69) is 0 Å². The molecule has 2 N–H and O–H groups in total. The quantitative estimate of drug-likeness (QED) is 0.590. The van der Waals surface area contributed by atoms with E-state index < -0.39 is 27.4 Å². The van der Waals surface area contributed by atoms with Gasteiger partial charge in [-0.1, -0.05) is 6.07 Å². The third-order valence-corrected chi connectivity index (χ3v) is 3.17. The molecule has 0 heterocycles. The van der Waals surface area contributed by atoms with Gasteiger partial charge in [0.1, 0.15) is 6.54 Å². The Morgan fingerprint density at radius 2 is 2.11 bits per heavy atom. The summed E-state index contributed by atoms with van der Waals surface area (Å²) >= 11 is 0. The van der Waals surface area contributed by atoms with Gasteiger partial charge in [-0.15, -0.1) is 0 Å². The zero-order chi connectivity index (χ0) is 13.9. The molecule has 0 atom stereocenters. The Hall–Kier alpha value is -2.16. The number of nitrogens with two attached hydrogens (primary N) is 1. The maximum Gasteiger partial charge on any atom is 0.271 e. The highest BCUT2D eigenvalue weighted by atomic mass is 32.2. The van der Waals surface area contributed by atoms with Gasteiger partial charge in [0.25, 0.3) is 5.69 Å². The molecule has 98 valence electrons. The van der Waals surface area contributed by atoms with Gasteiger partial charge in [0.2, 0.25) is 15.9 Å². The van der Waals surface area contributed by atoms with Crippen LogP contribution in [0.5, 0.6) is 0 Å². The minimum absolute atomic E-state index is 0.0190.